The van der Waals surface area contributed by atoms with Crippen molar-refractivity contribution in [1.82, 2.24) is 24.3 Å². The van der Waals surface area contributed by atoms with Crippen molar-refractivity contribution in [3.8, 4) is 0 Å². The zero-order valence-corrected chi connectivity index (χ0v) is 28.6. The molecule has 4 heterocycles. The van der Waals surface area contributed by atoms with Gasteiger partial charge < -0.3 is 33.2 Å². The highest BCUT2D eigenvalue weighted by molar-refractivity contribution is 6.04. The molecule has 0 aromatic carbocycles. The number of hydrogen-bond acceptors (Lipinski definition) is 11. The third kappa shape index (κ3) is 7.22. The van der Waals surface area contributed by atoms with E-state index in [4.69, 9.17) is 23.7 Å². The number of carbonyl (C=O) groups is 2. The van der Waals surface area contributed by atoms with E-state index in [0.717, 1.165) is 12.2 Å². The van der Waals surface area contributed by atoms with Crippen LogP contribution in [-0.2, 0) is 46.9 Å². The molecule has 1 aromatic heterocycles. The topological polar surface area (TPSA) is 108 Å². The van der Waals surface area contributed by atoms with Crippen LogP contribution in [0.5, 0.6) is 0 Å². The summed E-state index contributed by atoms with van der Waals surface area (Å²) >= 11 is 0. The fourth-order valence-electron chi connectivity index (χ4n) is 7.11. The van der Waals surface area contributed by atoms with Gasteiger partial charge in [0.25, 0.3) is 0 Å². The Bertz CT molecular complexity index is 1140. The van der Waals surface area contributed by atoms with Gasteiger partial charge in [-0.05, 0) is 61.3 Å². The number of imidazole rings is 1. The molecular weight excluding hydrogens is 566 g/mol. The van der Waals surface area contributed by atoms with Gasteiger partial charge in [0.05, 0.1) is 18.7 Å². The van der Waals surface area contributed by atoms with Crippen LogP contribution in [0, 0.1) is 17.3 Å². The standard InChI is InChI=1S/C32H55N5O7/c1-20-15-32(40-11)28(43-29-26(44-32)24(34(6)7)14-21(2)42-29)22(3)27(38)31(4,5)30(39)41-19-23(37(10)16-20)17-35(8)18-25-33-12-13-36(25)9/h12-13,20-24,26,28-29H,14-19H2,1-11H3/t20-,21-,22+,23+,24+,26-,28-,29+,32+/m1/s1. The molecule has 3 aliphatic rings. The van der Waals surface area contributed by atoms with Crippen molar-refractivity contribution in [2.24, 2.45) is 24.3 Å². The largest absolute Gasteiger partial charge is 0.463 e. The molecule has 12 nitrogen and oxygen atoms in total. The normalized spacial score (nSPS) is 37.5. The van der Waals surface area contributed by atoms with Crippen molar-refractivity contribution >= 4 is 11.8 Å². The summed E-state index contributed by atoms with van der Waals surface area (Å²) in [5, 5.41) is 0. The number of esters is 1. The fraction of sp³-hybridized carbons (Fsp3) is 0.844. The first-order valence-corrected chi connectivity index (χ1v) is 15.9. The predicted octanol–water partition coefficient (Wildman–Crippen LogP) is 2.16. The number of likely N-dealkylation sites (N-methyl/N-ethyl adjacent to an activating group) is 3. The summed E-state index contributed by atoms with van der Waals surface area (Å²) in [6.07, 6.45) is 3.06. The van der Waals surface area contributed by atoms with Crippen LogP contribution in [0.15, 0.2) is 12.4 Å². The van der Waals surface area contributed by atoms with E-state index >= 15 is 0 Å². The second kappa shape index (κ2) is 13.8. The van der Waals surface area contributed by atoms with Gasteiger partial charge in [-0.25, -0.2) is 4.98 Å². The van der Waals surface area contributed by atoms with Gasteiger partial charge in [-0.1, -0.05) is 13.8 Å². The number of cyclic esters (lactones) is 1. The monoisotopic (exact) mass is 621 g/mol. The molecule has 0 bridgehead atoms. The molecule has 0 unspecified atom stereocenters. The Labute approximate surface area is 263 Å². The lowest BCUT2D eigenvalue weighted by Crippen LogP contribution is -2.69. The average Bonchev–Trinajstić information content (AvgIpc) is 3.36. The number of methoxy groups -OCH3 is 1. The third-order valence-corrected chi connectivity index (χ3v) is 9.76. The van der Waals surface area contributed by atoms with E-state index in [1.54, 1.807) is 34.1 Å². The van der Waals surface area contributed by atoms with Crippen LogP contribution in [0.2, 0.25) is 0 Å². The minimum atomic E-state index is -1.41. The number of hydrogen-bond donors (Lipinski definition) is 0. The molecule has 44 heavy (non-hydrogen) atoms. The smallest absolute Gasteiger partial charge is 0.319 e. The van der Waals surface area contributed by atoms with Crippen LogP contribution in [-0.4, -0.2) is 133 Å². The van der Waals surface area contributed by atoms with E-state index in [1.807, 2.05) is 52.9 Å². The summed E-state index contributed by atoms with van der Waals surface area (Å²) in [6.45, 7) is 11.4. The number of carbonyl (C=O) groups excluding carboxylic acids is 2. The van der Waals surface area contributed by atoms with Crippen molar-refractivity contribution in [1.29, 1.82) is 0 Å². The maximum Gasteiger partial charge on any atom is 0.319 e. The van der Waals surface area contributed by atoms with Gasteiger partial charge in [0.15, 0.2) is 17.9 Å². The molecule has 250 valence electrons. The summed E-state index contributed by atoms with van der Waals surface area (Å²) in [7, 11) is 11.7. The van der Waals surface area contributed by atoms with Crippen molar-refractivity contribution < 1.29 is 33.3 Å². The molecule has 4 rings (SSSR count). The van der Waals surface area contributed by atoms with Crippen molar-refractivity contribution in [3.63, 3.8) is 0 Å². The van der Waals surface area contributed by atoms with Crippen LogP contribution in [0.25, 0.3) is 0 Å². The number of fused-ring (bicyclic) bond motifs is 2. The van der Waals surface area contributed by atoms with E-state index in [1.165, 1.54) is 0 Å². The molecule has 3 saturated heterocycles. The quantitative estimate of drug-likeness (QED) is 0.345. The predicted molar refractivity (Wildman–Crippen MR) is 165 cm³/mol. The Morgan fingerprint density at radius 2 is 1.82 bits per heavy atom. The van der Waals surface area contributed by atoms with Crippen LogP contribution in [0.3, 0.4) is 0 Å². The zero-order chi connectivity index (χ0) is 32.6. The molecule has 9 atom stereocenters. The van der Waals surface area contributed by atoms with Gasteiger partial charge in [-0.3, -0.25) is 19.4 Å². The minimum absolute atomic E-state index is 0.0374. The molecule has 3 fully saturated rings. The van der Waals surface area contributed by atoms with Crippen LogP contribution >= 0.6 is 0 Å². The van der Waals surface area contributed by atoms with Gasteiger partial charge >= 0.3 is 5.97 Å². The zero-order valence-electron chi connectivity index (χ0n) is 28.6. The fourth-order valence-corrected chi connectivity index (χ4v) is 7.11. The Hall–Kier alpha value is -1.93. The first kappa shape index (κ1) is 34.9. The SMILES string of the molecule is CO[C@]12C[C@@H](C)CN(C)[C@@H](CN(C)Cc3nccn3C)COC(=O)C(C)(C)C(=O)[C@H](C)[C@H]1O[C@@H]1O[C@H](C)C[C@H](N(C)C)[C@H]1O2. The molecule has 1 aromatic rings. The molecule has 0 radical (unpaired) electrons. The maximum atomic E-state index is 14.1. The van der Waals surface area contributed by atoms with Crippen LogP contribution in [0.1, 0.15) is 53.3 Å². The summed E-state index contributed by atoms with van der Waals surface area (Å²) in [4.78, 5) is 38.7. The first-order chi connectivity index (χ1) is 20.6. The number of aromatic nitrogens is 2. The Kier molecular flexibility index (Phi) is 11.0. The minimum Gasteiger partial charge on any atom is -0.463 e. The number of ether oxygens (including phenoxy) is 5. The van der Waals surface area contributed by atoms with Crippen molar-refractivity contribution in [2.75, 3.05) is 55.0 Å². The second-order valence-electron chi connectivity index (χ2n) is 14.2. The lowest BCUT2D eigenvalue weighted by molar-refractivity contribution is -0.424. The maximum absolute atomic E-state index is 14.1. The van der Waals surface area contributed by atoms with E-state index < -0.39 is 41.6 Å². The summed E-state index contributed by atoms with van der Waals surface area (Å²) in [5.74, 6) is -1.77. The Balaban J connectivity index is 1.66. The lowest BCUT2D eigenvalue weighted by Gasteiger charge is -2.55. The Morgan fingerprint density at radius 1 is 1.11 bits per heavy atom. The molecule has 0 spiro atoms. The van der Waals surface area contributed by atoms with E-state index in [2.05, 4.69) is 26.6 Å². The van der Waals surface area contributed by atoms with Crippen LogP contribution in [0.4, 0.5) is 0 Å². The summed E-state index contributed by atoms with van der Waals surface area (Å²) in [5.41, 5.74) is -1.41. The highest BCUT2D eigenvalue weighted by Gasteiger charge is 2.59. The molecule has 12 heteroatoms. The van der Waals surface area contributed by atoms with Gasteiger partial charge in [0.1, 0.15) is 30.1 Å². The highest BCUT2D eigenvalue weighted by atomic mass is 16.8. The van der Waals surface area contributed by atoms with Crippen molar-refractivity contribution in [3.05, 3.63) is 18.2 Å². The molecule has 0 N–H and O–H groups in total. The molecule has 3 aliphatic heterocycles. The van der Waals surface area contributed by atoms with Crippen LogP contribution < -0.4 is 0 Å². The van der Waals surface area contributed by atoms with Gasteiger partial charge in [-0.15, -0.1) is 0 Å². The molecule has 0 saturated carbocycles. The average molecular weight is 622 g/mol. The third-order valence-electron chi connectivity index (χ3n) is 9.76. The number of Topliss-reactive ketones (excluding diaryl/α,β-unsaturated/α-hetero) is 1. The highest BCUT2D eigenvalue weighted by Crippen LogP contribution is 2.44. The van der Waals surface area contributed by atoms with Gasteiger partial charge in [-0.2, -0.15) is 0 Å². The summed E-state index contributed by atoms with van der Waals surface area (Å²) < 4.78 is 34.1. The van der Waals surface area contributed by atoms with E-state index in [-0.39, 0.29) is 36.5 Å². The molecular formula is C32H55N5O7. The van der Waals surface area contributed by atoms with Gasteiger partial charge in [0, 0.05) is 58.0 Å². The Morgan fingerprint density at radius 3 is 2.43 bits per heavy atom. The lowest BCUT2D eigenvalue weighted by atomic mass is 9.76. The first-order valence-electron chi connectivity index (χ1n) is 15.9. The second-order valence-corrected chi connectivity index (χ2v) is 14.2. The number of ketones is 1. The summed E-state index contributed by atoms with van der Waals surface area (Å²) in [6, 6.07) is -0.0837. The molecule has 0 aliphatic carbocycles. The van der Waals surface area contributed by atoms with Crippen molar-refractivity contribution in [2.45, 2.75) is 96.5 Å². The molecule has 0 amide bonds. The van der Waals surface area contributed by atoms with E-state index in [9.17, 15) is 9.59 Å². The van der Waals surface area contributed by atoms with E-state index in [0.29, 0.717) is 26.1 Å². The number of aryl methyl sites for hydroxylation is 1. The van der Waals surface area contributed by atoms with Gasteiger partial charge in [0.2, 0.25) is 0 Å². The number of rotatable bonds is 6. The number of nitrogens with zero attached hydrogens (tertiary/aromatic N) is 5.